The standard InChI is InChI=1S/C7H11NO4/c1-7(2,3)8-5(10)4(9)6(11)12/h1-3H3,(H,8,10)(H,11,12). The number of aliphatic carboxylic acids is 1. The number of nitrogens with one attached hydrogen (secondary N) is 1. The van der Waals surface area contributed by atoms with Crippen molar-refractivity contribution in [2.24, 2.45) is 0 Å². The average Bonchev–Trinajstić information content (AvgIpc) is 1.82. The minimum atomic E-state index is -1.74. The molecule has 0 aromatic carbocycles. The van der Waals surface area contributed by atoms with Gasteiger partial charge in [-0.15, -0.1) is 0 Å². The highest BCUT2D eigenvalue weighted by atomic mass is 16.4. The zero-order valence-electron chi connectivity index (χ0n) is 7.17. The Kier molecular flexibility index (Phi) is 2.95. The van der Waals surface area contributed by atoms with Gasteiger partial charge in [0.15, 0.2) is 0 Å². The lowest BCUT2D eigenvalue weighted by atomic mass is 10.1. The first-order valence-electron chi connectivity index (χ1n) is 3.34. The summed E-state index contributed by atoms with van der Waals surface area (Å²) in [5.41, 5.74) is -0.595. The smallest absolute Gasteiger partial charge is 0.382 e. The normalized spacial score (nSPS) is 10.6. The average molecular weight is 173 g/mol. The van der Waals surface area contributed by atoms with E-state index in [1.807, 2.05) is 0 Å². The number of amides is 1. The van der Waals surface area contributed by atoms with Gasteiger partial charge in [0.1, 0.15) is 0 Å². The maximum Gasteiger partial charge on any atom is 0.382 e. The summed E-state index contributed by atoms with van der Waals surface area (Å²) >= 11 is 0. The van der Waals surface area contributed by atoms with Crippen molar-refractivity contribution < 1.29 is 19.5 Å². The van der Waals surface area contributed by atoms with E-state index in [0.29, 0.717) is 0 Å². The van der Waals surface area contributed by atoms with Crippen molar-refractivity contribution in [1.82, 2.24) is 5.32 Å². The molecule has 0 aliphatic carbocycles. The first-order valence-corrected chi connectivity index (χ1v) is 3.34. The van der Waals surface area contributed by atoms with Gasteiger partial charge in [-0.25, -0.2) is 4.79 Å². The second-order valence-electron chi connectivity index (χ2n) is 3.34. The number of carbonyl (C=O) groups is 3. The van der Waals surface area contributed by atoms with Gasteiger partial charge in [0.25, 0.3) is 5.91 Å². The van der Waals surface area contributed by atoms with Crippen molar-refractivity contribution in [3.05, 3.63) is 0 Å². The SMILES string of the molecule is CC(C)(C)NC(=O)C(=O)C(=O)O. The fraction of sp³-hybridized carbons (Fsp3) is 0.571. The maximum atomic E-state index is 10.8. The van der Waals surface area contributed by atoms with E-state index in [-0.39, 0.29) is 0 Å². The Labute approximate surface area is 69.8 Å². The predicted molar refractivity (Wildman–Crippen MR) is 40.5 cm³/mol. The van der Waals surface area contributed by atoms with E-state index in [0.717, 1.165) is 0 Å². The number of hydrogen-bond acceptors (Lipinski definition) is 3. The molecule has 0 rings (SSSR count). The third-order valence-corrected chi connectivity index (χ3v) is 0.889. The molecule has 0 aliphatic heterocycles. The van der Waals surface area contributed by atoms with Gasteiger partial charge in [0, 0.05) is 5.54 Å². The Morgan fingerprint density at radius 1 is 1.17 bits per heavy atom. The highest BCUT2D eigenvalue weighted by Gasteiger charge is 2.25. The summed E-state index contributed by atoms with van der Waals surface area (Å²) < 4.78 is 0. The number of rotatable bonds is 2. The van der Waals surface area contributed by atoms with E-state index >= 15 is 0 Å². The summed E-state index contributed by atoms with van der Waals surface area (Å²) in [4.78, 5) is 31.3. The summed E-state index contributed by atoms with van der Waals surface area (Å²) in [5.74, 6) is -4.27. The fourth-order valence-corrected chi connectivity index (χ4v) is 0.494. The lowest BCUT2D eigenvalue weighted by Crippen LogP contribution is -2.46. The first kappa shape index (κ1) is 10.6. The highest BCUT2D eigenvalue weighted by Crippen LogP contribution is 1.97. The maximum absolute atomic E-state index is 10.8. The van der Waals surface area contributed by atoms with Crippen LogP contribution in [0.4, 0.5) is 0 Å². The Balaban J connectivity index is 4.25. The largest absolute Gasteiger partial charge is 0.475 e. The Morgan fingerprint density at radius 3 is 1.83 bits per heavy atom. The number of ketones is 1. The van der Waals surface area contributed by atoms with Gasteiger partial charge in [-0.2, -0.15) is 0 Å². The van der Waals surface area contributed by atoms with E-state index in [4.69, 9.17) is 5.11 Å². The van der Waals surface area contributed by atoms with Crippen LogP contribution in [0.3, 0.4) is 0 Å². The highest BCUT2D eigenvalue weighted by molar-refractivity contribution is 6.61. The summed E-state index contributed by atoms with van der Waals surface area (Å²) in [6.45, 7) is 4.96. The Morgan fingerprint density at radius 2 is 1.58 bits per heavy atom. The molecule has 0 radical (unpaired) electrons. The van der Waals surface area contributed by atoms with Crippen LogP contribution in [-0.4, -0.2) is 28.3 Å². The Bertz CT molecular complexity index is 226. The third kappa shape index (κ3) is 3.70. The van der Waals surface area contributed by atoms with Crippen molar-refractivity contribution in [2.45, 2.75) is 26.3 Å². The molecule has 0 saturated carbocycles. The molecule has 0 bridgehead atoms. The number of carboxylic acids is 1. The van der Waals surface area contributed by atoms with Gasteiger partial charge in [0.2, 0.25) is 0 Å². The third-order valence-electron chi connectivity index (χ3n) is 0.889. The molecule has 68 valence electrons. The number of carbonyl (C=O) groups excluding carboxylic acids is 2. The monoisotopic (exact) mass is 173 g/mol. The number of Topliss-reactive ketones (excluding diaryl/α,β-unsaturated/α-hetero) is 1. The molecule has 5 nitrogen and oxygen atoms in total. The van der Waals surface area contributed by atoms with Crippen LogP contribution in [0, 0.1) is 0 Å². The van der Waals surface area contributed by atoms with Crippen molar-refractivity contribution >= 4 is 17.7 Å². The van der Waals surface area contributed by atoms with Crippen LogP contribution < -0.4 is 5.32 Å². The van der Waals surface area contributed by atoms with E-state index in [1.54, 1.807) is 20.8 Å². The van der Waals surface area contributed by atoms with Crippen LogP contribution in [0.25, 0.3) is 0 Å². The second-order valence-corrected chi connectivity index (χ2v) is 3.34. The van der Waals surface area contributed by atoms with Crippen LogP contribution in [0.15, 0.2) is 0 Å². The van der Waals surface area contributed by atoms with E-state index in [2.05, 4.69) is 5.32 Å². The van der Waals surface area contributed by atoms with Gasteiger partial charge in [-0.3, -0.25) is 9.59 Å². The molecule has 0 heterocycles. The lowest BCUT2D eigenvalue weighted by Gasteiger charge is -2.18. The predicted octanol–water partition coefficient (Wildman–Crippen LogP) is -0.445. The molecule has 0 aliphatic rings. The van der Waals surface area contributed by atoms with Crippen molar-refractivity contribution in [1.29, 1.82) is 0 Å². The van der Waals surface area contributed by atoms with E-state index < -0.39 is 23.2 Å². The molecule has 0 fully saturated rings. The van der Waals surface area contributed by atoms with Crippen LogP contribution >= 0.6 is 0 Å². The molecule has 0 aromatic heterocycles. The minimum Gasteiger partial charge on any atom is -0.475 e. The van der Waals surface area contributed by atoms with Gasteiger partial charge in [-0.05, 0) is 20.8 Å². The molecule has 2 N–H and O–H groups in total. The summed E-state index contributed by atoms with van der Waals surface area (Å²) in [6.07, 6.45) is 0. The summed E-state index contributed by atoms with van der Waals surface area (Å²) in [6, 6.07) is 0. The molecule has 12 heavy (non-hydrogen) atoms. The number of hydrogen-bond donors (Lipinski definition) is 2. The van der Waals surface area contributed by atoms with Crippen molar-refractivity contribution in [3.8, 4) is 0 Å². The topological polar surface area (TPSA) is 83.5 Å². The second kappa shape index (κ2) is 3.34. The molecule has 0 atom stereocenters. The zero-order chi connectivity index (χ0) is 9.94. The summed E-state index contributed by atoms with van der Waals surface area (Å²) in [5, 5.41) is 10.4. The fourth-order valence-electron chi connectivity index (χ4n) is 0.494. The minimum absolute atomic E-state index is 0.595. The molecule has 0 unspecified atom stereocenters. The molecule has 1 amide bonds. The molecule has 0 aromatic rings. The molecule has 5 heteroatoms. The number of carboxylic acid groups (broad SMARTS) is 1. The van der Waals surface area contributed by atoms with Crippen LogP contribution in [0.1, 0.15) is 20.8 Å². The molecular weight excluding hydrogens is 162 g/mol. The molecule has 0 spiro atoms. The zero-order valence-corrected chi connectivity index (χ0v) is 7.17. The summed E-state index contributed by atoms with van der Waals surface area (Å²) in [7, 11) is 0. The first-order chi connectivity index (χ1) is 5.24. The molecular formula is C7H11NO4. The Hall–Kier alpha value is -1.39. The van der Waals surface area contributed by atoms with Crippen LogP contribution in [0.2, 0.25) is 0 Å². The molecule has 0 saturated heterocycles. The van der Waals surface area contributed by atoms with Crippen molar-refractivity contribution in [3.63, 3.8) is 0 Å². The quantitative estimate of drug-likeness (QED) is 0.437. The van der Waals surface area contributed by atoms with Crippen LogP contribution in [-0.2, 0) is 14.4 Å². The van der Waals surface area contributed by atoms with Crippen LogP contribution in [0.5, 0.6) is 0 Å². The van der Waals surface area contributed by atoms with E-state index in [9.17, 15) is 14.4 Å². The lowest BCUT2D eigenvalue weighted by molar-refractivity contribution is -0.153. The van der Waals surface area contributed by atoms with Gasteiger partial charge in [-0.1, -0.05) is 0 Å². The van der Waals surface area contributed by atoms with Gasteiger partial charge in [0.05, 0.1) is 0 Å². The van der Waals surface area contributed by atoms with Crippen molar-refractivity contribution in [2.75, 3.05) is 0 Å². The van der Waals surface area contributed by atoms with Gasteiger partial charge >= 0.3 is 11.8 Å². The van der Waals surface area contributed by atoms with E-state index in [1.165, 1.54) is 0 Å². The van der Waals surface area contributed by atoms with Gasteiger partial charge < -0.3 is 10.4 Å².